The summed E-state index contributed by atoms with van der Waals surface area (Å²) in [6, 6.07) is 0. The second-order valence-electron chi connectivity index (χ2n) is 5.22. The molecule has 1 heterocycles. The molecule has 17 heavy (non-hydrogen) atoms. The Balaban J connectivity index is 2.15. The smallest absolute Gasteiger partial charge is 0.150 e. The average Bonchev–Trinajstić information content (AvgIpc) is 2.49. The van der Waals surface area contributed by atoms with Crippen LogP contribution < -0.4 is 10.6 Å². The number of aryl methyl sites for hydroxylation is 2. The largest absolute Gasteiger partial charge is 0.394 e. The number of nitrogens with two attached hydrogens (primary N) is 1. The van der Waals surface area contributed by atoms with Gasteiger partial charge in [-0.2, -0.15) is 5.10 Å². The molecular weight excluding hydrogens is 212 g/mol. The molecule has 0 unspecified atom stereocenters. The van der Waals surface area contributed by atoms with Crippen LogP contribution in [0.5, 0.6) is 0 Å². The lowest BCUT2D eigenvalue weighted by Crippen LogP contribution is -2.31. The van der Waals surface area contributed by atoms with Gasteiger partial charge >= 0.3 is 0 Å². The number of anilines is 2. The number of hydrogen-bond donors (Lipinski definition) is 1. The van der Waals surface area contributed by atoms with Crippen molar-refractivity contribution in [2.24, 2.45) is 5.92 Å². The molecular formula is C13H24N4. The predicted octanol–water partition coefficient (Wildman–Crippen LogP) is 2.42. The van der Waals surface area contributed by atoms with Crippen molar-refractivity contribution in [3.05, 3.63) is 5.69 Å². The maximum Gasteiger partial charge on any atom is 0.150 e. The summed E-state index contributed by atoms with van der Waals surface area (Å²) in [5.74, 6) is 1.96. The molecule has 0 saturated heterocycles. The summed E-state index contributed by atoms with van der Waals surface area (Å²) >= 11 is 0. The van der Waals surface area contributed by atoms with Crippen LogP contribution in [0, 0.1) is 12.8 Å². The summed E-state index contributed by atoms with van der Waals surface area (Å²) in [5.41, 5.74) is 7.94. The van der Waals surface area contributed by atoms with E-state index < -0.39 is 0 Å². The van der Waals surface area contributed by atoms with E-state index in [0.717, 1.165) is 42.6 Å². The summed E-state index contributed by atoms with van der Waals surface area (Å²) in [4.78, 5) is 2.29. The van der Waals surface area contributed by atoms with Gasteiger partial charge in [0.1, 0.15) is 5.82 Å². The summed E-state index contributed by atoms with van der Waals surface area (Å²) in [7, 11) is 2.14. The summed E-state index contributed by atoms with van der Waals surface area (Å²) in [6.07, 6.45) is 5.21. The summed E-state index contributed by atoms with van der Waals surface area (Å²) in [5, 5.41) is 4.52. The third kappa shape index (κ3) is 2.40. The van der Waals surface area contributed by atoms with Crippen molar-refractivity contribution in [2.45, 2.75) is 46.1 Å². The van der Waals surface area contributed by atoms with Gasteiger partial charge in [-0.3, -0.25) is 0 Å². The zero-order valence-corrected chi connectivity index (χ0v) is 11.2. The van der Waals surface area contributed by atoms with Gasteiger partial charge in [0.25, 0.3) is 0 Å². The Hall–Kier alpha value is -1.19. The van der Waals surface area contributed by atoms with Gasteiger partial charge in [0.15, 0.2) is 0 Å². The third-order valence-electron chi connectivity index (χ3n) is 3.70. The fraction of sp³-hybridized carbons (Fsp3) is 0.769. The van der Waals surface area contributed by atoms with Crippen molar-refractivity contribution in [3.8, 4) is 0 Å². The summed E-state index contributed by atoms with van der Waals surface area (Å²) in [6.45, 7) is 6.21. The van der Waals surface area contributed by atoms with Crippen molar-refractivity contribution in [3.63, 3.8) is 0 Å². The molecule has 0 spiro atoms. The minimum atomic E-state index is 0.847. The van der Waals surface area contributed by atoms with E-state index in [1.165, 1.54) is 19.3 Å². The molecule has 1 aliphatic rings. The molecule has 96 valence electrons. The molecule has 1 aliphatic carbocycles. The lowest BCUT2D eigenvalue weighted by Gasteiger charge is -2.31. The molecule has 2 N–H and O–H groups in total. The van der Waals surface area contributed by atoms with Crippen LogP contribution >= 0.6 is 0 Å². The Bertz CT molecular complexity index is 379. The third-order valence-corrected chi connectivity index (χ3v) is 3.70. The molecule has 0 amide bonds. The van der Waals surface area contributed by atoms with Crippen LogP contribution in [0.3, 0.4) is 0 Å². The Morgan fingerprint density at radius 2 is 2.18 bits per heavy atom. The first-order valence-electron chi connectivity index (χ1n) is 6.67. The molecule has 4 nitrogen and oxygen atoms in total. The van der Waals surface area contributed by atoms with Crippen LogP contribution in [0.4, 0.5) is 11.5 Å². The van der Waals surface area contributed by atoms with Crippen LogP contribution in [0.1, 0.15) is 38.3 Å². The molecule has 0 atom stereocenters. The van der Waals surface area contributed by atoms with E-state index in [0.29, 0.717) is 0 Å². The first-order valence-corrected chi connectivity index (χ1v) is 6.67. The lowest BCUT2D eigenvalue weighted by molar-refractivity contribution is 0.320. The van der Waals surface area contributed by atoms with E-state index in [9.17, 15) is 0 Å². The van der Waals surface area contributed by atoms with Gasteiger partial charge in [-0.05, 0) is 32.1 Å². The number of rotatable bonds is 5. The van der Waals surface area contributed by atoms with E-state index in [1.54, 1.807) is 0 Å². The zero-order chi connectivity index (χ0) is 12.4. The van der Waals surface area contributed by atoms with Gasteiger partial charge in [0, 0.05) is 20.1 Å². The minimum Gasteiger partial charge on any atom is -0.394 e. The number of nitrogen functional groups attached to an aromatic ring is 1. The van der Waals surface area contributed by atoms with Crippen LogP contribution in [0.25, 0.3) is 0 Å². The van der Waals surface area contributed by atoms with Gasteiger partial charge in [0.2, 0.25) is 0 Å². The molecule has 0 bridgehead atoms. The molecule has 1 fully saturated rings. The molecule has 0 aromatic carbocycles. The van der Waals surface area contributed by atoms with E-state index in [-0.39, 0.29) is 0 Å². The molecule has 1 aromatic heterocycles. The average molecular weight is 236 g/mol. The number of hydrogen-bond acceptors (Lipinski definition) is 3. The van der Waals surface area contributed by atoms with Gasteiger partial charge in [-0.15, -0.1) is 0 Å². The highest BCUT2D eigenvalue weighted by atomic mass is 15.4. The fourth-order valence-corrected chi connectivity index (χ4v) is 2.50. The highest BCUT2D eigenvalue weighted by Crippen LogP contribution is 2.31. The molecule has 0 radical (unpaired) electrons. The first kappa shape index (κ1) is 12.3. The highest BCUT2D eigenvalue weighted by Gasteiger charge is 2.22. The highest BCUT2D eigenvalue weighted by molar-refractivity contribution is 5.65. The minimum absolute atomic E-state index is 0.847. The van der Waals surface area contributed by atoms with Crippen molar-refractivity contribution in [1.82, 2.24) is 9.78 Å². The lowest BCUT2D eigenvalue weighted by atomic mass is 9.85. The maximum absolute atomic E-state index is 6.14. The van der Waals surface area contributed by atoms with Crippen molar-refractivity contribution >= 4 is 11.5 Å². The number of aromatic nitrogens is 2. The monoisotopic (exact) mass is 236 g/mol. The van der Waals surface area contributed by atoms with E-state index in [1.807, 2.05) is 6.92 Å². The Morgan fingerprint density at radius 3 is 2.71 bits per heavy atom. The Kier molecular flexibility index (Phi) is 3.60. The maximum atomic E-state index is 6.14. The summed E-state index contributed by atoms with van der Waals surface area (Å²) < 4.78 is 2.06. The predicted molar refractivity (Wildman–Crippen MR) is 72.3 cm³/mol. The Labute approximate surface area is 104 Å². The van der Waals surface area contributed by atoms with Crippen LogP contribution in [0.15, 0.2) is 0 Å². The van der Waals surface area contributed by atoms with Gasteiger partial charge in [0.05, 0.1) is 11.4 Å². The number of nitrogens with zero attached hydrogens (tertiary/aromatic N) is 3. The molecule has 2 rings (SSSR count). The van der Waals surface area contributed by atoms with Crippen molar-refractivity contribution in [2.75, 3.05) is 24.2 Å². The molecule has 1 aromatic rings. The van der Waals surface area contributed by atoms with Crippen LogP contribution in [-0.2, 0) is 6.54 Å². The fourth-order valence-electron chi connectivity index (χ4n) is 2.50. The topological polar surface area (TPSA) is 47.1 Å². The Morgan fingerprint density at radius 1 is 1.47 bits per heavy atom. The first-order chi connectivity index (χ1) is 8.13. The molecule has 0 aliphatic heterocycles. The van der Waals surface area contributed by atoms with E-state index in [4.69, 9.17) is 5.73 Å². The van der Waals surface area contributed by atoms with Crippen LogP contribution in [0.2, 0.25) is 0 Å². The second-order valence-corrected chi connectivity index (χ2v) is 5.22. The van der Waals surface area contributed by atoms with Crippen molar-refractivity contribution < 1.29 is 0 Å². The SMILES string of the molecule is CCCn1nc(C)c(N)c1N(C)CC1CCC1. The van der Waals surface area contributed by atoms with Crippen LogP contribution in [-0.4, -0.2) is 23.4 Å². The molecule has 1 saturated carbocycles. The van der Waals surface area contributed by atoms with Gasteiger partial charge in [-0.25, -0.2) is 4.68 Å². The second kappa shape index (κ2) is 4.98. The molecule has 4 heteroatoms. The zero-order valence-electron chi connectivity index (χ0n) is 11.2. The van der Waals surface area contributed by atoms with Gasteiger partial charge < -0.3 is 10.6 Å². The normalized spacial score (nSPS) is 15.9. The van der Waals surface area contributed by atoms with Crippen molar-refractivity contribution in [1.29, 1.82) is 0 Å². The quantitative estimate of drug-likeness (QED) is 0.854. The van der Waals surface area contributed by atoms with E-state index >= 15 is 0 Å². The van der Waals surface area contributed by atoms with Gasteiger partial charge in [-0.1, -0.05) is 13.3 Å². The standard InChI is InChI=1S/C13H24N4/c1-4-8-17-13(12(14)10(2)15-17)16(3)9-11-6-5-7-11/h11H,4-9,14H2,1-3H3. The van der Waals surface area contributed by atoms with E-state index in [2.05, 4.69) is 28.7 Å².